The monoisotopic (exact) mass is 1100 g/mol. The van der Waals surface area contributed by atoms with E-state index in [1.165, 1.54) is 144 Å². The average molecular weight is 1100 g/mol. The molecule has 0 atom stereocenters. The molecule has 0 bridgehead atoms. The van der Waals surface area contributed by atoms with Crippen LogP contribution in [0.1, 0.15) is 44.5 Å². The molecule has 400 valence electrons. The van der Waals surface area contributed by atoms with Gasteiger partial charge in [-0.2, -0.15) is 0 Å². The van der Waals surface area contributed by atoms with Crippen LogP contribution < -0.4 is 0 Å². The van der Waals surface area contributed by atoms with Gasteiger partial charge in [0.15, 0.2) is 0 Å². The summed E-state index contributed by atoms with van der Waals surface area (Å²) >= 11 is 0. The second kappa shape index (κ2) is 17.3. The summed E-state index contributed by atoms with van der Waals surface area (Å²) in [6.45, 7) is 0. The maximum Gasteiger partial charge on any atom is 0.143 e. The summed E-state index contributed by atoms with van der Waals surface area (Å²) in [7, 11) is 0. The molecule has 20 rings (SSSR count). The van der Waals surface area contributed by atoms with Crippen molar-refractivity contribution in [2.45, 2.75) is 10.8 Å². The summed E-state index contributed by atoms with van der Waals surface area (Å²) in [6, 6.07) is 115. The number of benzene rings is 15. The first-order chi connectivity index (χ1) is 43.2. The molecule has 0 amide bonds. The van der Waals surface area contributed by atoms with E-state index in [4.69, 9.17) is 4.42 Å². The minimum atomic E-state index is -0.490. The quantitative estimate of drug-likeness (QED) is 0.160. The number of rotatable bonds is 4. The molecule has 0 fully saturated rings. The highest BCUT2D eigenvalue weighted by molar-refractivity contribution is 6.24. The van der Waals surface area contributed by atoms with E-state index in [0.717, 1.165) is 44.2 Å². The van der Waals surface area contributed by atoms with Gasteiger partial charge < -0.3 is 4.42 Å². The molecule has 4 aliphatic carbocycles. The number of para-hydroxylation sites is 1. The molecule has 0 radical (unpaired) electrons. The van der Waals surface area contributed by atoms with E-state index in [9.17, 15) is 0 Å². The van der Waals surface area contributed by atoms with E-state index >= 15 is 0 Å². The molecule has 0 saturated carbocycles. The van der Waals surface area contributed by atoms with Gasteiger partial charge in [0.05, 0.1) is 10.8 Å². The Morgan fingerprint density at radius 1 is 0.207 bits per heavy atom. The molecule has 1 aromatic heterocycles. The normalized spacial score (nSPS) is 13.9. The number of hydrogen-bond acceptors (Lipinski definition) is 1. The SMILES string of the molecule is c1cc(-c2ccc3c(-c4ccc5c(c4)C4(c6ccccc6-c6ccccc64)c4ccccc4-5)c4ccccc4c(-c4ccc5c(c4)C4(c6ccccc6-c6ccccc64)c4ccccc4-5)c3c2)cc(-c2cc3ccccc3c3c2oc2ccccc23)c1. The number of furan rings is 1. The van der Waals surface area contributed by atoms with Crippen molar-refractivity contribution in [2.75, 3.05) is 0 Å². The van der Waals surface area contributed by atoms with E-state index < -0.39 is 10.8 Å². The van der Waals surface area contributed by atoms with Gasteiger partial charge in [-0.05, 0) is 197 Å². The highest BCUT2D eigenvalue weighted by Gasteiger charge is 2.53. The third kappa shape index (κ3) is 6.03. The molecule has 1 heteroatoms. The molecule has 1 heterocycles. The second-order valence-electron chi connectivity index (χ2n) is 24.4. The topological polar surface area (TPSA) is 13.1 Å². The Bertz CT molecular complexity index is 5600. The summed E-state index contributed by atoms with van der Waals surface area (Å²) in [5.74, 6) is 0. The maximum absolute atomic E-state index is 6.85. The minimum absolute atomic E-state index is 0.479. The number of hydrogen-bond donors (Lipinski definition) is 0. The third-order valence-electron chi connectivity index (χ3n) is 20.5. The first-order valence-electron chi connectivity index (χ1n) is 30.5. The Hall–Kier alpha value is -11.1. The van der Waals surface area contributed by atoms with Crippen LogP contribution in [-0.4, -0.2) is 0 Å². The van der Waals surface area contributed by atoms with Crippen LogP contribution in [0.5, 0.6) is 0 Å². The summed E-state index contributed by atoms with van der Waals surface area (Å²) in [5, 5.41) is 9.57. The van der Waals surface area contributed by atoms with Gasteiger partial charge in [0, 0.05) is 16.3 Å². The highest BCUT2D eigenvalue weighted by Crippen LogP contribution is 2.65. The molecule has 0 N–H and O–H groups in total. The molecule has 1 nitrogen and oxygen atoms in total. The zero-order valence-corrected chi connectivity index (χ0v) is 47.3. The largest absolute Gasteiger partial charge is 0.455 e. The average Bonchev–Trinajstić information content (AvgIpc) is 1.64. The van der Waals surface area contributed by atoms with E-state index in [0.29, 0.717) is 0 Å². The van der Waals surface area contributed by atoms with E-state index in [-0.39, 0.29) is 0 Å². The fraction of sp³-hybridized carbons (Fsp3) is 0.0233. The Labute approximate surface area is 503 Å². The standard InChI is InChI=1S/C86H50O/c1-2-23-57-54(20-1)48-70(84-83(57)69-32-11-18-39-80(69)87-84)53-22-19-21-51(46-53)52-40-45-68-71(47-52)82(56-42-44-65-63-29-10-17-38-77(63)86(79(65)50-56)74-35-14-7-26-60(74)61-27-8-15-36-75(61)86)67-31-4-3-30-66(67)81(68)55-41-43-64-62-28-9-16-37-76(62)85(78(64)49-55)72-33-12-5-24-58(72)59-25-6-13-34-73(59)85/h1-50H. The Morgan fingerprint density at radius 2 is 0.586 bits per heavy atom. The van der Waals surface area contributed by atoms with Crippen LogP contribution in [0, 0.1) is 0 Å². The smallest absolute Gasteiger partial charge is 0.143 e. The molecular weight excluding hydrogens is 1050 g/mol. The van der Waals surface area contributed by atoms with Crippen LogP contribution in [0.15, 0.2) is 308 Å². The summed E-state index contributed by atoms with van der Waals surface area (Å²) < 4.78 is 6.85. The van der Waals surface area contributed by atoms with Crippen LogP contribution in [-0.2, 0) is 10.8 Å². The van der Waals surface area contributed by atoms with Crippen molar-refractivity contribution in [2.24, 2.45) is 0 Å². The first-order valence-corrected chi connectivity index (χ1v) is 30.5. The molecule has 2 spiro atoms. The summed E-state index contributed by atoms with van der Waals surface area (Å²) in [4.78, 5) is 0. The van der Waals surface area contributed by atoms with Gasteiger partial charge in [-0.1, -0.05) is 267 Å². The van der Waals surface area contributed by atoms with Gasteiger partial charge in [0.1, 0.15) is 11.2 Å². The summed E-state index contributed by atoms with van der Waals surface area (Å²) in [5.41, 5.74) is 31.4. The van der Waals surface area contributed by atoms with Crippen LogP contribution in [0.4, 0.5) is 0 Å². The molecule has 0 unspecified atom stereocenters. The molecular formula is C86H50O. The Morgan fingerprint density at radius 3 is 1.10 bits per heavy atom. The van der Waals surface area contributed by atoms with Crippen molar-refractivity contribution in [1.29, 1.82) is 0 Å². The molecule has 15 aromatic carbocycles. The zero-order chi connectivity index (χ0) is 56.7. The molecule has 87 heavy (non-hydrogen) atoms. The highest BCUT2D eigenvalue weighted by atomic mass is 16.3. The molecule has 0 saturated heterocycles. The van der Waals surface area contributed by atoms with Gasteiger partial charge in [0.2, 0.25) is 0 Å². The third-order valence-corrected chi connectivity index (χ3v) is 20.5. The Balaban J connectivity index is 0.860. The van der Waals surface area contributed by atoms with E-state index in [1.54, 1.807) is 0 Å². The van der Waals surface area contributed by atoms with Gasteiger partial charge >= 0.3 is 0 Å². The fourth-order valence-corrected chi connectivity index (χ4v) is 17.1. The van der Waals surface area contributed by atoms with E-state index in [1.807, 2.05) is 0 Å². The van der Waals surface area contributed by atoms with Gasteiger partial charge in [0.25, 0.3) is 0 Å². The lowest BCUT2D eigenvalue weighted by molar-refractivity contribution is 0.670. The fourth-order valence-electron chi connectivity index (χ4n) is 17.1. The first kappa shape index (κ1) is 47.3. The maximum atomic E-state index is 6.85. The molecule has 4 aliphatic rings. The zero-order valence-electron chi connectivity index (χ0n) is 47.3. The minimum Gasteiger partial charge on any atom is -0.455 e. The lowest BCUT2D eigenvalue weighted by atomic mass is 9.70. The van der Waals surface area contributed by atoms with Crippen molar-refractivity contribution in [1.82, 2.24) is 0 Å². The van der Waals surface area contributed by atoms with Crippen LogP contribution in [0.2, 0.25) is 0 Å². The molecule has 16 aromatic rings. The predicted molar refractivity (Wildman–Crippen MR) is 361 cm³/mol. The van der Waals surface area contributed by atoms with Gasteiger partial charge in [-0.15, -0.1) is 0 Å². The number of fused-ring (bicyclic) bond motifs is 27. The molecule has 0 aliphatic heterocycles. The van der Waals surface area contributed by atoms with Crippen molar-refractivity contribution < 1.29 is 4.42 Å². The van der Waals surface area contributed by atoms with Crippen LogP contribution >= 0.6 is 0 Å². The van der Waals surface area contributed by atoms with Crippen LogP contribution in [0.3, 0.4) is 0 Å². The predicted octanol–water partition coefficient (Wildman–Crippen LogP) is 22.4. The summed E-state index contributed by atoms with van der Waals surface area (Å²) in [6.07, 6.45) is 0. The lowest BCUT2D eigenvalue weighted by Crippen LogP contribution is -2.25. The van der Waals surface area contributed by atoms with Gasteiger partial charge in [-0.3, -0.25) is 0 Å². The van der Waals surface area contributed by atoms with Crippen LogP contribution in [0.25, 0.3) is 143 Å². The van der Waals surface area contributed by atoms with Crippen molar-refractivity contribution in [3.63, 3.8) is 0 Å². The lowest BCUT2D eigenvalue weighted by Gasteiger charge is -2.31. The van der Waals surface area contributed by atoms with E-state index in [2.05, 4.69) is 303 Å². The van der Waals surface area contributed by atoms with Crippen molar-refractivity contribution in [3.05, 3.63) is 348 Å². The Kier molecular flexibility index (Phi) is 9.38. The van der Waals surface area contributed by atoms with Gasteiger partial charge in [-0.25, -0.2) is 0 Å². The second-order valence-corrected chi connectivity index (χ2v) is 24.4. The van der Waals surface area contributed by atoms with Crippen molar-refractivity contribution >= 4 is 54.3 Å². The van der Waals surface area contributed by atoms with Crippen molar-refractivity contribution in [3.8, 4) is 89.0 Å².